The quantitative estimate of drug-likeness (QED) is 0.663. The van der Waals surface area contributed by atoms with Crippen LogP contribution in [0.5, 0.6) is 0 Å². The fraction of sp³-hybridized carbons (Fsp3) is 0.143. The molecule has 2 rings (SSSR count). The Morgan fingerprint density at radius 3 is 2.75 bits per heavy atom. The minimum absolute atomic E-state index is 0.00724. The number of halogens is 2. The maximum atomic E-state index is 13.6. The van der Waals surface area contributed by atoms with Gasteiger partial charge in [-0.3, -0.25) is 10.1 Å². The van der Waals surface area contributed by atoms with Crippen molar-refractivity contribution in [2.75, 3.05) is 5.32 Å². The number of aryl methyl sites for hydroxylation is 1. The minimum atomic E-state index is -0.454. The fourth-order valence-corrected chi connectivity index (χ4v) is 2.19. The number of hydrogen-bond donors (Lipinski definition) is 1. The van der Waals surface area contributed by atoms with Crippen molar-refractivity contribution in [1.82, 2.24) is 0 Å². The van der Waals surface area contributed by atoms with Crippen LogP contribution in [0.1, 0.15) is 11.1 Å². The molecule has 0 aliphatic carbocycles. The second kappa shape index (κ2) is 6.00. The molecule has 0 heterocycles. The highest BCUT2D eigenvalue weighted by Crippen LogP contribution is 2.23. The summed E-state index contributed by atoms with van der Waals surface area (Å²) in [4.78, 5) is 10.3. The van der Waals surface area contributed by atoms with Crippen LogP contribution < -0.4 is 5.32 Å². The van der Waals surface area contributed by atoms with Crippen LogP contribution in [0.3, 0.4) is 0 Å². The molecule has 0 saturated heterocycles. The second-order valence-corrected chi connectivity index (χ2v) is 5.26. The largest absolute Gasteiger partial charge is 0.380 e. The summed E-state index contributed by atoms with van der Waals surface area (Å²) in [6, 6.07) is 9.23. The average Bonchev–Trinajstić information content (AvgIpc) is 2.41. The van der Waals surface area contributed by atoms with Crippen LogP contribution in [-0.4, -0.2) is 4.92 Å². The van der Waals surface area contributed by atoms with Crippen LogP contribution in [0.4, 0.5) is 15.8 Å². The van der Waals surface area contributed by atoms with E-state index in [-0.39, 0.29) is 18.0 Å². The standard InChI is InChI=1S/C14H12BrFN2O2/c1-9-2-4-12(18(19)20)7-14(9)17-8-10-6-11(15)3-5-13(10)16/h2-7,17H,8H2,1H3. The summed E-state index contributed by atoms with van der Waals surface area (Å²) in [6.07, 6.45) is 0. The van der Waals surface area contributed by atoms with E-state index in [0.717, 1.165) is 10.0 Å². The smallest absolute Gasteiger partial charge is 0.271 e. The topological polar surface area (TPSA) is 55.2 Å². The molecule has 2 aromatic rings. The summed E-state index contributed by atoms with van der Waals surface area (Å²) in [5, 5.41) is 13.8. The van der Waals surface area contributed by atoms with Gasteiger partial charge in [0.05, 0.1) is 4.92 Å². The van der Waals surface area contributed by atoms with Gasteiger partial charge in [0.1, 0.15) is 5.82 Å². The van der Waals surface area contributed by atoms with Crippen LogP contribution in [0.2, 0.25) is 0 Å². The maximum Gasteiger partial charge on any atom is 0.271 e. The molecule has 4 nitrogen and oxygen atoms in total. The molecule has 0 unspecified atom stereocenters. The van der Waals surface area contributed by atoms with Crippen molar-refractivity contribution in [2.24, 2.45) is 0 Å². The SMILES string of the molecule is Cc1ccc([N+](=O)[O-])cc1NCc1cc(Br)ccc1F. The van der Waals surface area contributed by atoms with Crippen molar-refractivity contribution in [3.05, 3.63) is 67.9 Å². The molecule has 0 radical (unpaired) electrons. The molecule has 0 saturated carbocycles. The number of non-ortho nitro benzene ring substituents is 1. The van der Waals surface area contributed by atoms with E-state index in [9.17, 15) is 14.5 Å². The Labute approximate surface area is 123 Å². The van der Waals surface area contributed by atoms with Gasteiger partial charge in [0.15, 0.2) is 0 Å². The zero-order valence-electron chi connectivity index (χ0n) is 10.7. The molecule has 0 aliphatic heterocycles. The van der Waals surface area contributed by atoms with Gasteiger partial charge in [0.2, 0.25) is 0 Å². The van der Waals surface area contributed by atoms with Gasteiger partial charge in [-0.1, -0.05) is 22.0 Å². The number of nitro groups is 1. The Balaban J connectivity index is 2.20. The molecule has 0 aliphatic rings. The first-order valence-corrected chi connectivity index (χ1v) is 6.69. The predicted molar refractivity (Wildman–Crippen MR) is 79.3 cm³/mol. The first-order valence-electron chi connectivity index (χ1n) is 5.90. The molecule has 0 amide bonds. The highest BCUT2D eigenvalue weighted by atomic mass is 79.9. The van der Waals surface area contributed by atoms with Gasteiger partial charge in [-0.25, -0.2) is 4.39 Å². The number of nitrogens with one attached hydrogen (secondary N) is 1. The van der Waals surface area contributed by atoms with Crippen LogP contribution in [0.25, 0.3) is 0 Å². The van der Waals surface area contributed by atoms with E-state index in [0.29, 0.717) is 11.3 Å². The second-order valence-electron chi connectivity index (χ2n) is 4.35. The molecular weight excluding hydrogens is 327 g/mol. The van der Waals surface area contributed by atoms with E-state index in [1.807, 2.05) is 6.92 Å². The molecule has 0 spiro atoms. The van der Waals surface area contributed by atoms with Gasteiger partial charge < -0.3 is 5.32 Å². The van der Waals surface area contributed by atoms with E-state index in [4.69, 9.17) is 0 Å². The van der Waals surface area contributed by atoms with Crippen molar-refractivity contribution in [2.45, 2.75) is 13.5 Å². The monoisotopic (exact) mass is 338 g/mol. The lowest BCUT2D eigenvalue weighted by molar-refractivity contribution is -0.384. The molecule has 0 fully saturated rings. The third kappa shape index (κ3) is 3.33. The zero-order valence-corrected chi connectivity index (χ0v) is 12.3. The summed E-state index contributed by atoms with van der Waals surface area (Å²) in [7, 11) is 0. The van der Waals surface area contributed by atoms with Crippen molar-refractivity contribution in [3.63, 3.8) is 0 Å². The summed E-state index contributed by atoms with van der Waals surface area (Å²) in [5.74, 6) is -0.316. The Bertz CT molecular complexity index is 662. The summed E-state index contributed by atoms with van der Waals surface area (Å²) in [5.41, 5.74) is 1.99. The number of nitrogens with zero attached hydrogens (tertiary/aromatic N) is 1. The summed E-state index contributed by atoms with van der Waals surface area (Å²) < 4.78 is 14.4. The molecule has 6 heteroatoms. The lowest BCUT2D eigenvalue weighted by Crippen LogP contribution is -2.03. The number of hydrogen-bond acceptors (Lipinski definition) is 3. The van der Waals surface area contributed by atoms with Crippen LogP contribution in [0.15, 0.2) is 40.9 Å². The van der Waals surface area contributed by atoms with Gasteiger partial charge in [0, 0.05) is 34.4 Å². The van der Waals surface area contributed by atoms with Crippen molar-refractivity contribution < 1.29 is 9.31 Å². The van der Waals surface area contributed by atoms with Gasteiger partial charge in [-0.05, 0) is 30.7 Å². The number of anilines is 1. The first kappa shape index (κ1) is 14.5. The van der Waals surface area contributed by atoms with Gasteiger partial charge >= 0.3 is 0 Å². The van der Waals surface area contributed by atoms with Crippen molar-refractivity contribution >= 4 is 27.3 Å². The van der Waals surface area contributed by atoms with Gasteiger partial charge in [0.25, 0.3) is 5.69 Å². The minimum Gasteiger partial charge on any atom is -0.380 e. The summed E-state index contributed by atoms with van der Waals surface area (Å²) in [6.45, 7) is 2.09. The van der Waals surface area contributed by atoms with E-state index >= 15 is 0 Å². The van der Waals surface area contributed by atoms with E-state index in [1.165, 1.54) is 18.2 Å². The lowest BCUT2D eigenvalue weighted by atomic mass is 10.1. The zero-order chi connectivity index (χ0) is 14.7. The Hall–Kier alpha value is -1.95. The Kier molecular flexibility index (Phi) is 4.34. The Morgan fingerprint density at radius 1 is 1.30 bits per heavy atom. The Morgan fingerprint density at radius 2 is 2.05 bits per heavy atom. The van der Waals surface area contributed by atoms with Gasteiger partial charge in [-0.2, -0.15) is 0 Å². The van der Waals surface area contributed by atoms with E-state index in [2.05, 4.69) is 21.2 Å². The third-order valence-corrected chi connectivity index (χ3v) is 3.40. The highest BCUT2D eigenvalue weighted by molar-refractivity contribution is 9.10. The molecule has 0 atom stereocenters. The summed E-state index contributed by atoms with van der Waals surface area (Å²) >= 11 is 3.28. The van der Waals surface area contributed by atoms with Crippen LogP contribution in [-0.2, 0) is 6.54 Å². The van der Waals surface area contributed by atoms with Crippen molar-refractivity contribution in [3.8, 4) is 0 Å². The van der Waals surface area contributed by atoms with Crippen molar-refractivity contribution in [1.29, 1.82) is 0 Å². The van der Waals surface area contributed by atoms with E-state index in [1.54, 1.807) is 18.2 Å². The molecule has 20 heavy (non-hydrogen) atoms. The first-order chi connectivity index (χ1) is 9.47. The number of nitro benzene ring substituents is 1. The maximum absolute atomic E-state index is 13.6. The van der Waals surface area contributed by atoms with Crippen LogP contribution in [0, 0.1) is 22.9 Å². The van der Waals surface area contributed by atoms with Crippen LogP contribution >= 0.6 is 15.9 Å². The molecule has 0 aromatic heterocycles. The van der Waals surface area contributed by atoms with E-state index < -0.39 is 4.92 Å². The predicted octanol–water partition coefficient (Wildman–Crippen LogP) is 4.42. The normalized spacial score (nSPS) is 10.3. The average molecular weight is 339 g/mol. The molecular formula is C14H12BrFN2O2. The van der Waals surface area contributed by atoms with Gasteiger partial charge in [-0.15, -0.1) is 0 Å². The molecule has 0 bridgehead atoms. The fourth-order valence-electron chi connectivity index (χ4n) is 1.78. The highest BCUT2D eigenvalue weighted by Gasteiger charge is 2.09. The number of benzene rings is 2. The lowest BCUT2D eigenvalue weighted by Gasteiger charge is -2.10. The molecule has 104 valence electrons. The number of rotatable bonds is 4. The molecule has 2 aromatic carbocycles. The third-order valence-electron chi connectivity index (χ3n) is 2.91. The molecule has 1 N–H and O–H groups in total.